The predicted molar refractivity (Wildman–Crippen MR) is 51.4 cm³/mol. The Kier molecular flexibility index (Phi) is 3.31. The average Bonchev–Trinajstić information content (AvgIpc) is 2.97. The Morgan fingerprint density at radius 2 is 2.23 bits per heavy atom. The van der Waals surface area contributed by atoms with Gasteiger partial charge in [0.2, 0.25) is 0 Å². The smallest absolute Gasteiger partial charge is 0.307 e. The summed E-state index contributed by atoms with van der Waals surface area (Å²) in [5.74, 6) is 0.560. The largest absolute Gasteiger partial charge is 0.469 e. The summed E-state index contributed by atoms with van der Waals surface area (Å²) in [7, 11) is 3.38. The quantitative estimate of drug-likeness (QED) is 0.657. The molecule has 3 nitrogen and oxygen atoms in total. The summed E-state index contributed by atoms with van der Waals surface area (Å²) >= 11 is 0. The molecule has 0 aromatic rings. The van der Waals surface area contributed by atoms with E-state index in [-0.39, 0.29) is 11.5 Å². The van der Waals surface area contributed by atoms with E-state index in [1.165, 1.54) is 20.0 Å². The van der Waals surface area contributed by atoms with Crippen LogP contribution in [0.25, 0.3) is 0 Å². The van der Waals surface area contributed by atoms with E-state index in [1.807, 2.05) is 7.05 Å². The van der Waals surface area contributed by atoms with Crippen molar-refractivity contribution < 1.29 is 9.53 Å². The second-order valence-electron chi connectivity index (χ2n) is 3.79. The summed E-state index contributed by atoms with van der Waals surface area (Å²) in [4.78, 5) is 11.2. The molecule has 0 spiro atoms. The van der Waals surface area contributed by atoms with Crippen molar-refractivity contribution in [1.82, 2.24) is 5.32 Å². The maximum atomic E-state index is 11.2. The minimum absolute atomic E-state index is 0.00685. The zero-order valence-corrected chi connectivity index (χ0v) is 8.72. The van der Waals surface area contributed by atoms with Crippen molar-refractivity contribution in [1.29, 1.82) is 0 Å². The monoisotopic (exact) mass is 185 g/mol. The molecule has 0 aromatic heterocycles. The SMILES string of the molecule is CCC(CC(=O)OC)(NC)C1CC1. The Labute approximate surface area is 79.8 Å². The lowest BCUT2D eigenvalue weighted by Gasteiger charge is -2.31. The van der Waals surface area contributed by atoms with Crippen molar-refractivity contribution in [2.24, 2.45) is 5.92 Å². The molecule has 13 heavy (non-hydrogen) atoms. The third kappa shape index (κ3) is 2.21. The minimum atomic E-state index is -0.108. The highest BCUT2D eigenvalue weighted by Gasteiger charge is 2.44. The number of carbonyl (C=O) groups is 1. The number of methoxy groups -OCH3 is 1. The summed E-state index contributed by atoms with van der Waals surface area (Å²) in [6.07, 6.45) is 3.97. The first-order chi connectivity index (χ1) is 6.18. The van der Waals surface area contributed by atoms with Crippen LogP contribution in [-0.2, 0) is 9.53 Å². The van der Waals surface area contributed by atoms with E-state index in [4.69, 9.17) is 4.74 Å². The molecular formula is C10H19NO2. The third-order valence-electron chi connectivity index (χ3n) is 3.18. The normalized spacial score (nSPS) is 20.8. The van der Waals surface area contributed by atoms with Gasteiger partial charge in [-0.2, -0.15) is 0 Å². The second kappa shape index (κ2) is 4.09. The van der Waals surface area contributed by atoms with Gasteiger partial charge in [0.25, 0.3) is 0 Å². The van der Waals surface area contributed by atoms with Gasteiger partial charge in [-0.05, 0) is 32.2 Å². The molecule has 3 heteroatoms. The molecule has 1 atom stereocenters. The number of ether oxygens (including phenoxy) is 1. The van der Waals surface area contributed by atoms with Crippen molar-refractivity contribution in [3.8, 4) is 0 Å². The summed E-state index contributed by atoms with van der Waals surface area (Å²) in [5, 5.41) is 3.29. The maximum absolute atomic E-state index is 11.2. The zero-order chi connectivity index (χ0) is 9.90. The zero-order valence-electron chi connectivity index (χ0n) is 8.72. The maximum Gasteiger partial charge on any atom is 0.307 e. The standard InChI is InChI=1S/C10H19NO2/c1-4-10(11-2,8-5-6-8)7-9(12)13-3/h8,11H,4-7H2,1-3H3. The minimum Gasteiger partial charge on any atom is -0.469 e. The number of hydrogen-bond acceptors (Lipinski definition) is 3. The van der Waals surface area contributed by atoms with Gasteiger partial charge in [0, 0.05) is 5.54 Å². The molecule has 1 saturated carbocycles. The molecule has 0 amide bonds. The second-order valence-corrected chi connectivity index (χ2v) is 3.79. The molecule has 0 radical (unpaired) electrons. The van der Waals surface area contributed by atoms with Crippen LogP contribution in [0, 0.1) is 5.92 Å². The van der Waals surface area contributed by atoms with E-state index < -0.39 is 0 Å². The number of nitrogens with one attached hydrogen (secondary N) is 1. The van der Waals surface area contributed by atoms with Gasteiger partial charge in [0.15, 0.2) is 0 Å². The van der Waals surface area contributed by atoms with E-state index in [0.29, 0.717) is 12.3 Å². The van der Waals surface area contributed by atoms with Gasteiger partial charge < -0.3 is 10.1 Å². The molecule has 1 fully saturated rings. The average molecular weight is 185 g/mol. The lowest BCUT2D eigenvalue weighted by atomic mass is 9.87. The molecule has 0 bridgehead atoms. The van der Waals surface area contributed by atoms with Gasteiger partial charge in [-0.1, -0.05) is 6.92 Å². The lowest BCUT2D eigenvalue weighted by Crippen LogP contribution is -2.46. The molecular weight excluding hydrogens is 166 g/mol. The van der Waals surface area contributed by atoms with Crippen molar-refractivity contribution >= 4 is 5.97 Å². The molecule has 0 saturated heterocycles. The van der Waals surface area contributed by atoms with Gasteiger partial charge in [0.1, 0.15) is 0 Å². The first kappa shape index (κ1) is 10.5. The van der Waals surface area contributed by atoms with Gasteiger partial charge in [-0.25, -0.2) is 0 Å². The van der Waals surface area contributed by atoms with Crippen LogP contribution < -0.4 is 5.32 Å². The Hall–Kier alpha value is -0.570. The molecule has 0 aliphatic heterocycles. The topological polar surface area (TPSA) is 38.3 Å². The van der Waals surface area contributed by atoms with E-state index in [9.17, 15) is 4.79 Å². The molecule has 1 rings (SSSR count). The fourth-order valence-corrected chi connectivity index (χ4v) is 1.99. The first-order valence-electron chi connectivity index (χ1n) is 4.94. The highest BCUT2D eigenvalue weighted by molar-refractivity contribution is 5.70. The molecule has 0 heterocycles. The molecule has 1 N–H and O–H groups in total. The Morgan fingerprint density at radius 3 is 2.54 bits per heavy atom. The van der Waals surface area contributed by atoms with Crippen LogP contribution in [0.15, 0.2) is 0 Å². The van der Waals surface area contributed by atoms with E-state index in [1.54, 1.807) is 0 Å². The predicted octanol–water partition coefficient (Wildman–Crippen LogP) is 1.33. The van der Waals surface area contributed by atoms with Crippen LogP contribution in [0.3, 0.4) is 0 Å². The molecule has 1 aliphatic carbocycles. The lowest BCUT2D eigenvalue weighted by molar-refractivity contribution is -0.142. The van der Waals surface area contributed by atoms with Crippen molar-refractivity contribution in [3.05, 3.63) is 0 Å². The Bertz CT molecular complexity index is 183. The number of carbonyl (C=O) groups excluding carboxylic acids is 1. The highest BCUT2D eigenvalue weighted by atomic mass is 16.5. The van der Waals surface area contributed by atoms with Crippen molar-refractivity contribution in [2.75, 3.05) is 14.2 Å². The molecule has 1 aliphatic rings. The van der Waals surface area contributed by atoms with Gasteiger partial charge in [0.05, 0.1) is 13.5 Å². The van der Waals surface area contributed by atoms with Crippen LogP contribution >= 0.6 is 0 Å². The van der Waals surface area contributed by atoms with Crippen molar-refractivity contribution in [3.63, 3.8) is 0 Å². The third-order valence-corrected chi connectivity index (χ3v) is 3.18. The van der Waals surface area contributed by atoms with E-state index in [2.05, 4.69) is 12.2 Å². The van der Waals surface area contributed by atoms with Gasteiger partial charge >= 0.3 is 5.97 Å². The van der Waals surface area contributed by atoms with Crippen LogP contribution in [0.1, 0.15) is 32.6 Å². The van der Waals surface area contributed by atoms with Crippen molar-refractivity contribution in [2.45, 2.75) is 38.1 Å². The fourth-order valence-electron chi connectivity index (χ4n) is 1.99. The van der Waals surface area contributed by atoms with E-state index in [0.717, 1.165) is 6.42 Å². The summed E-state index contributed by atoms with van der Waals surface area (Å²) in [6, 6.07) is 0. The summed E-state index contributed by atoms with van der Waals surface area (Å²) in [6.45, 7) is 2.12. The Morgan fingerprint density at radius 1 is 1.62 bits per heavy atom. The van der Waals surface area contributed by atoms with Gasteiger partial charge in [-0.15, -0.1) is 0 Å². The molecule has 0 aromatic carbocycles. The summed E-state index contributed by atoms with van der Waals surface area (Å²) in [5.41, 5.74) is -0.00685. The number of esters is 1. The van der Waals surface area contributed by atoms with Crippen LogP contribution in [0.4, 0.5) is 0 Å². The van der Waals surface area contributed by atoms with Gasteiger partial charge in [-0.3, -0.25) is 4.79 Å². The molecule has 1 unspecified atom stereocenters. The van der Waals surface area contributed by atoms with Crippen LogP contribution in [-0.4, -0.2) is 25.7 Å². The van der Waals surface area contributed by atoms with Crippen LogP contribution in [0.2, 0.25) is 0 Å². The van der Waals surface area contributed by atoms with Crippen LogP contribution in [0.5, 0.6) is 0 Å². The first-order valence-corrected chi connectivity index (χ1v) is 4.94. The fraction of sp³-hybridized carbons (Fsp3) is 0.900. The molecule has 76 valence electrons. The summed E-state index contributed by atoms with van der Waals surface area (Å²) < 4.78 is 4.71. The Balaban J connectivity index is 2.59. The highest BCUT2D eigenvalue weighted by Crippen LogP contribution is 2.43. The number of rotatable bonds is 5. The van der Waals surface area contributed by atoms with E-state index >= 15 is 0 Å². The number of hydrogen-bond donors (Lipinski definition) is 1.